The maximum atomic E-state index is 13.0. The number of thioether (sulfide) groups is 1. The van der Waals surface area contributed by atoms with Crippen LogP contribution in [0.25, 0.3) is 10.9 Å². The average Bonchev–Trinajstić information content (AvgIpc) is 3.04. The van der Waals surface area contributed by atoms with Gasteiger partial charge < -0.3 is 4.90 Å². The summed E-state index contributed by atoms with van der Waals surface area (Å²) in [6.45, 7) is 4.68. The van der Waals surface area contributed by atoms with Gasteiger partial charge in [0.15, 0.2) is 15.0 Å². The Morgan fingerprint density at radius 3 is 2.77 bits per heavy atom. The van der Waals surface area contributed by atoms with Crippen LogP contribution in [-0.2, 0) is 21.2 Å². The van der Waals surface area contributed by atoms with E-state index in [1.807, 2.05) is 0 Å². The Morgan fingerprint density at radius 1 is 1.40 bits per heavy atom. The van der Waals surface area contributed by atoms with Crippen LogP contribution in [-0.4, -0.2) is 59.1 Å². The third-order valence-corrected chi connectivity index (χ3v) is 8.23. The number of sulfone groups is 1. The number of hydrogen-bond donors (Lipinski definition) is 0. The molecule has 1 saturated heterocycles. The summed E-state index contributed by atoms with van der Waals surface area (Å²) in [4.78, 5) is 31.8. The Hall–Kier alpha value is -1.58. The number of rotatable bonds is 7. The molecule has 3 rings (SSSR count). The summed E-state index contributed by atoms with van der Waals surface area (Å²) in [6.07, 6.45) is 1.27. The number of hydrogen-bond acceptors (Lipinski definition) is 6. The van der Waals surface area contributed by atoms with Gasteiger partial charge in [-0.1, -0.05) is 37.2 Å². The quantitative estimate of drug-likeness (QED) is 0.455. The largest absolute Gasteiger partial charge is 0.341 e. The molecule has 2 aromatic rings. The fourth-order valence-corrected chi connectivity index (χ4v) is 6.27. The average molecular weight is 472 g/mol. The Labute approximate surface area is 185 Å². The SMILES string of the molecule is CC(C)CCn1c(SCC(=O)N(C)C2CCS(=O)(=O)C2)nc2cc(Cl)ccc2c1=O. The van der Waals surface area contributed by atoms with Crippen molar-refractivity contribution in [3.63, 3.8) is 0 Å². The van der Waals surface area contributed by atoms with E-state index in [4.69, 9.17) is 11.6 Å². The van der Waals surface area contributed by atoms with Gasteiger partial charge in [0.05, 0.1) is 28.2 Å². The van der Waals surface area contributed by atoms with Gasteiger partial charge in [0.1, 0.15) is 0 Å². The molecule has 1 aromatic heterocycles. The zero-order chi connectivity index (χ0) is 22.1. The van der Waals surface area contributed by atoms with Gasteiger partial charge in [-0.05, 0) is 37.0 Å². The maximum Gasteiger partial charge on any atom is 0.262 e. The van der Waals surface area contributed by atoms with Crippen molar-refractivity contribution in [1.82, 2.24) is 14.5 Å². The van der Waals surface area contributed by atoms with E-state index in [2.05, 4.69) is 18.8 Å². The van der Waals surface area contributed by atoms with Gasteiger partial charge in [-0.3, -0.25) is 14.2 Å². The third kappa shape index (κ3) is 5.36. The number of amides is 1. The predicted molar refractivity (Wildman–Crippen MR) is 121 cm³/mol. The van der Waals surface area contributed by atoms with Crippen LogP contribution < -0.4 is 5.56 Å². The topological polar surface area (TPSA) is 89.3 Å². The molecule has 1 fully saturated rings. The Balaban J connectivity index is 1.83. The molecule has 1 aromatic carbocycles. The molecule has 10 heteroatoms. The zero-order valence-corrected chi connectivity index (χ0v) is 19.7. The minimum atomic E-state index is -3.07. The fraction of sp³-hybridized carbons (Fsp3) is 0.550. The van der Waals surface area contributed by atoms with Crippen LogP contribution in [0.3, 0.4) is 0 Å². The van der Waals surface area contributed by atoms with E-state index < -0.39 is 9.84 Å². The smallest absolute Gasteiger partial charge is 0.262 e. The number of halogens is 1. The van der Waals surface area contributed by atoms with Crippen molar-refractivity contribution in [3.05, 3.63) is 33.6 Å². The van der Waals surface area contributed by atoms with Crippen molar-refractivity contribution < 1.29 is 13.2 Å². The molecule has 1 atom stereocenters. The first-order valence-corrected chi connectivity index (χ1v) is 13.0. The normalized spacial score (nSPS) is 18.2. The van der Waals surface area contributed by atoms with Crippen LogP contribution in [0.15, 0.2) is 28.2 Å². The summed E-state index contributed by atoms with van der Waals surface area (Å²) in [5, 5.41) is 1.45. The molecule has 0 aliphatic carbocycles. The van der Waals surface area contributed by atoms with Crippen LogP contribution >= 0.6 is 23.4 Å². The number of nitrogens with zero attached hydrogens (tertiary/aromatic N) is 3. The van der Waals surface area contributed by atoms with Crippen LogP contribution in [0.2, 0.25) is 5.02 Å². The molecule has 1 aliphatic rings. The molecular formula is C20H26ClN3O4S2. The zero-order valence-electron chi connectivity index (χ0n) is 17.3. The summed E-state index contributed by atoms with van der Waals surface area (Å²) in [5.41, 5.74) is 0.348. The first-order valence-electron chi connectivity index (χ1n) is 9.86. The highest BCUT2D eigenvalue weighted by atomic mass is 35.5. The molecule has 1 aliphatic heterocycles. The van der Waals surface area contributed by atoms with Gasteiger partial charge in [-0.2, -0.15) is 0 Å². The highest BCUT2D eigenvalue weighted by molar-refractivity contribution is 7.99. The monoisotopic (exact) mass is 471 g/mol. The fourth-order valence-electron chi connectivity index (χ4n) is 3.38. The number of carbonyl (C=O) groups excluding carboxylic acids is 1. The molecular weight excluding hydrogens is 446 g/mol. The molecule has 0 N–H and O–H groups in total. The standard InChI is InChI=1S/C20H26ClN3O4S2/c1-13(2)6-8-24-19(26)16-5-4-14(21)10-17(16)22-20(24)29-11-18(25)23(3)15-7-9-30(27,28)12-15/h4-5,10,13,15H,6-9,11-12H2,1-3H3. The van der Waals surface area contributed by atoms with Gasteiger partial charge in [0.25, 0.3) is 5.56 Å². The molecule has 164 valence electrons. The second-order valence-corrected chi connectivity index (χ2v) is 11.7. The summed E-state index contributed by atoms with van der Waals surface area (Å²) < 4.78 is 25.0. The molecule has 7 nitrogen and oxygen atoms in total. The van der Waals surface area contributed by atoms with E-state index >= 15 is 0 Å². The van der Waals surface area contributed by atoms with E-state index in [9.17, 15) is 18.0 Å². The van der Waals surface area contributed by atoms with E-state index in [0.717, 1.165) is 6.42 Å². The van der Waals surface area contributed by atoms with Gasteiger partial charge in [-0.25, -0.2) is 13.4 Å². The molecule has 1 amide bonds. The van der Waals surface area contributed by atoms with Crippen molar-refractivity contribution in [3.8, 4) is 0 Å². The lowest BCUT2D eigenvalue weighted by molar-refractivity contribution is -0.128. The Kier molecular flexibility index (Phi) is 7.14. The van der Waals surface area contributed by atoms with E-state index in [1.165, 1.54) is 16.7 Å². The molecule has 30 heavy (non-hydrogen) atoms. The molecule has 0 saturated carbocycles. The van der Waals surface area contributed by atoms with Crippen LogP contribution in [0.5, 0.6) is 0 Å². The van der Waals surface area contributed by atoms with Crippen LogP contribution in [0.1, 0.15) is 26.7 Å². The highest BCUT2D eigenvalue weighted by Crippen LogP contribution is 2.23. The minimum absolute atomic E-state index is 0.00568. The van der Waals surface area contributed by atoms with Crippen LogP contribution in [0.4, 0.5) is 0 Å². The molecule has 0 spiro atoms. The van der Waals surface area contributed by atoms with Crippen molar-refractivity contribution >= 4 is 50.0 Å². The van der Waals surface area contributed by atoms with Gasteiger partial charge in [0, 0.05) is 24.7 Å². The van der Waals surface area contributed by atoms with Gasteiger partial charge in [-0.15, -0.1) is 0 Å². The minimum Gasteiger partial charge on any atom is -0.341 e. The third-order valence-electron chi connectivity index (χ3n) is 5.29. The first kappa shape index (κ1) is 23.1. The number of benzene rings is 1. The van der Waals surface area contributed by atoms with E-state index in [0.29, 0.717) is 40.0 Å². The summed E-state index contributed by atoms with van der Waals surface area (Å²) in [6, 6.07) is 4.69. The first-order chi connectivity index (χ1) is 14.1. The van der Waals surface area contributed by atoms with Crippen molar-refractivity contribution in [2.45, 2.75) is 44.4 Å². The molecule has 2 heterocycles. The van der Waals surface area contributed by atoms with Crippen LogP contribution in [0, 0.1) is 5.92 Å². The van der Waals surface area contributed by atoms with E-state index in [1.54, 1.807) is 29.8 Å². The summed E-state index contributed by atoms with van der Waals surface area (Å²) in [7, 11) is -1.44. The van der Waals surface area contributed by atoms with Crippen molar-refractivity contribution in [1.29, 1.82) is 0 Å². The molecule has 0 radical (unpaired) electrons. The van der Waals surface area contributed by atoms with Gasteiger partial charge in [0.2, 0.25) is 5.91 Å². The van der Waals surface area contributed by atoms with Crippen molar-refractivity contribution in [2.24, 2.45) is 5.92 Å². The Morgan fingerprint density at radius 2 is 2.13 bits per heavy atom. The summed E-state index contributed by atoms with van der Waals surface area (Å²) >= 11 is 7.26. The Bertz CT molecular complexity index is 1110. The lowest BCUT2D eigenvalue weighted by atomic mass is 10.1. The number of fused-ring (bicyclic) bond motifs is 1. The highest BCUT2D eigenvalue weighted by Gasteiger charge is 2.32. The molecule has 0 bridgehead atoms. The second-order valence-electron chi connectivity index (χ2n) is 8.05. The van der Waals surface area contributed by atoms with Crippen molar-refractivity contribution in [2.75, 3.05) is 24.3 Å². The summed E-state index contributed by atoms with van der Waals surface area (Å²) in [5.74, 6) is 0.425. The maximum absolute atomic E-state index is 13.0. The lowest BCUT2D eigenvalue weighted by Gasteiger charge is -2.23. The number of aromatic nitrogens is 2. The predicted octanol–water partition coefficient (Wildman–Crippen LogP) is 2.83. The van der Waals surface area contributed by atoms with Gasteiger partial charge >= 0.3 is 0 Å². The second kappa shape index (κ2) is 9.28. The lowest BCUT2D eigenvalue weighted by Crippen LogP contribution is -2.39. The number of carbonyl (C=O) groups is 1. The molecule has 1 unspecified atom stereocenters. The van der Waals surface area contributed by atoms with E-state index in [-0.39, 0.29) is 34.8 Å².